The van der Waals surface area contributed by atoms with Gasteiger partial charge in [0.05, 0.1) is 6.04 Å². The van der Waals surface area contributed by atoms with E-state index in [1.54, 1.807) is 0 Å². The van der Waals surface area contributed by atoms with E-state index in [0.717, 1.165) is 18.7 Å². The Morgan fingerprint density at radius 1 is 1.29 bits per heavy atom. The van der Waals surface area contributed by atoms with Crippen LogP contribution in [-0.4, -0.2) is 19.0 Å². The number of carbonyl (C=O) groups is 1. The van der Waals surface area contributed by atoms with Crippen molar-refractivity contribution < 1.29 is 4.79 Å². The monoisotopic (exact) mass is 330 g/mol. The summed E-state index contributed by atoms with van der Waals surface area (Å²) in [7, 11) is 0. The lowest BCUT2D eigenvalue weighted by atomic mass is 9.87. The van der Waals surface area contributed by atoms with Crippen molar-refractivity contribution in [3.8, 4) is 0 Å². The molecule has 0 bridgehead atoms. The first-order valence-corrected chi connectivity index (χ1v) is 7.64. The van der Waals surface area contributed by atoms with Crippen molar-refractivity contribution in [2.24, 2.45) is 17.8 Å². The quantitative estimate of drug-likeness (QED) is 0.868. The van der Waals surface area contributed by atoms with Crippen LogP contribution in [0.2, 0.25) is 5.02 Å². The Balaban J connectivity index is 0.00000220. The molecule has 2 atom stereocenters. The van der Waals surface area contributed by atoms with Gasteiger partial charge in [0, 0.05) is 10.9 Å². The number of hydrogen-bond acceptors (Lipinski definition) is 2. The van der Waals surface area contributed by atoms with E-state index in [9.17, 15) is 4.79 Å². The zero-order chi connectivity index (χ0) is 14.7. The van der Waals surface area contributed by atoms with Gasteiger partial charge in [-0.15, -0.1) is 12.4 Å². The van der Waals surface area contributed by atoms with Gasteiger partial charge in [0.15, 0.2) is 0 Å². The maximum Gasteiger partial charge on any atom is 0.223 e. The lowest BCUT2D eigenvalue weighted by molar-refractivity contribution is -0.127. The fourth-order valence-electron chi connectivity index (χ4n) is 2.49. The van der Waals surface area contributed by atoms with Crippen LogP contribution >= 0.6 is 24.0 Å². The van der Waals surface area contributed by atoms with E-state index in [0.29, 0.717) is 16.9 Å². The third-order valence-corrected chi connectivity index (χ3v) is 4.48. The maximum atomic E-state index is 12.4. The van der Waals surface area contributed by atoms with Gasteiger partial charge in [0.1, 0.15) is 0 Å². The van der Waals surface area contributed by atoms with Crippen molar-refractivity contribution >= 4 is 29.9 Å². The normalized spacial score (nSPS) is 17.6. The summed E-state index contributed by atoms with van der Waals surface area (Å²) in [4.78, 5) is 12.4. The molecule has 118 valence electrons. The van der Waals surface area contributed by atoms with E-state index in [1.807, 2.05) is 31.2 Å². The van der Waals surface area contributed by atoms with Gasteiger partial charge in [0.25, 0.3) is 0 Å². The summed E-state index contributed by atoms with van der Waals surface area (Å²) >= 11 is 6.27. The molecule has 2 unspecified atom stereocenters. The molecule has 0 spiro atoms. The van der Waals surface area contributed by atoms with Gasteiger partial charge in [-0.2, -0.15) is 0 Å². The van der Waals surface area contributed by atoms with E-state index in [4.69, 9.17) is 11.6 Å². The minimum absolute atomic E-state index is 0. The number of rotatable bonds is 5. The number of amides is 1. The molecular weight excluding hydrogens is 307 g/mol. The lowest BCUT2D eigenvalue weighted by Gasteiger charge is -2.33. The summed E-state index contributed by atoms with van der Waals surface area (Å²) in [5.74, 6) is 0.912. The first kappa shape index (κ1) is 18.3. The lowest BCUT2D eigenvalue weighted by Crippen LogP contribution is -2.50. The number of carbonyl (C=O) groups excluding carboxylic acids is 1. The van der Waals surface area contributed by atoms with E-state index >= 15 is 0 Å². The number of benzene rings is 1. The Bertz CT molecular complexity index is 475. The summed E-state index contributed by atoms with van der Waals surface area (Å²) in [6.07, 6.45) is 0. The second-order valence-electron chi connectivity index (χ2n) is 5.96. The third kappa shape index (κ3) is 4.35. The fraction of sp³-hybridized carbons (Fsp3) is 0.562. The van der Waals surface area contributed by atoms with Crippen LogP contribution in [0, 0.1) is 17.8 Å². The molecule has 21 heavy (non-hydrogen) atoms. The molecule has 1 amide bonds. The molecule has 0 saturated carbocycles. The van der Waals surface area contributed by atoms with Gasteiger partial charge >= 0.3 is 0 Å². The predicted octanol–water partition coefficient (Wildman–Crippen LogP) is 3.43. The maximum absolute atomic E-state index is 12.4. The minimum Gasteiger partial charge on any atom is -0.349 e. The highest BCUT2D eigenvalue weighted by atomic mass is 35.5. The van der Waals surface area contributed by atoms with Gasteiger partial charge < -0.3 is 10.6 Å². The molecular formula is C16H24Cl2N2O. The van der Waals surface area contributed by atoms with Crippen LogP contribution in [0.15, 0.2) is 24.3 Å². The van der Waals surface area contributed by atoms with Gasteiger partial charge in [-0.3, -0.25) is 4.79 Å². The highest BCUT2D eigenvalue weighted by molar-refractivity contribution is 6.31. The van der Waals surface area contributed by atoms with Gasteiger partial charge in [-0.1, -0.05) is 50.6 Å². The van der Waals surface area contributed by atoms with E-state index in [2.05, 4.69) is 24.5 Å². The molecule has 1 fully saturated rings. The van der Waals surface area contributed by atoms with Crippen molar-refractivity contribution in [1.82, 2.24) is 10.6 Å². The Morgan fingerprint density at radius 3 is 2.38 bits per heavy atom. The van der Waals surface area contributed by atoms with Gasteiger partial charge in [-0.25, -0.2) is 0 Å². The van der Waals surface area contributed by atoms with Crippen LogP contribution in [0.25, 0.3) is 0 Å². The first-order chi connectivity index (χ1) is 9.50. The van der Waals surface area contributed by atoms with Crippen LogP contribution in [-0.2, 0) is 4.79 Å². The summed E-state index contributed by atoms with van der Waals surface area (Å²) < 4.78 is 0. The number of halogens is 2. The van der Waals surface area contributed by atoms with Crippen molar-refractivity contribution in [2.75, 3.05) is 13.1 Å². The first-order valence-electron chi connectivity index (χ1n) is 7.26. The van der Waals surface area contributed by atoms with Crippen LogP contribution in [0.4, 0.5) is 0 Å². The van der Waals surface area contributed by atoms with Gasteiger partial charge in [-0.05, 0) is 36.6 Å². The van der Waals surface area contributed by atoms with Crippen molar-refractivity contribution in [1.29, 1.82) is 0 Å². The zero-order valence-corrected chi connectivity index (χ0v) is 14.3. The molecule has 1 aliphatic heterocycles. The Morgan fingerprint density at radius 2 is 1.90 bits per heavy atom. The Kier molecular flexibility index (Phi) is 6.98. The smallest absolute Gasteiger partial charge is 0.223 e. The van der Waals surface area contributed by atoms with Crippen LogP contribution in [0.1, 0.15) is 32.4 Å². The molecule has 0 aliphatic carbocycles. The summed E-state index contributed by atoms with van der Waals surface area (Å²) in [5.41, 5.74) is 0.997. The number of hydrogen-bond donors (Lipinski definition) is 2. The predicted molar refractivity (Wildman–Crippen MR) is 89.9 cm³/mol. The van der Waals surface area contributed by atoms with Crippen molar-refractivity contribution in [3.63, 3.8) is 0 Å². The second kappa shape index (κ2) is 8.02. The molecule has 2 N–H and O–H groups in total. The van der Waals surface area contributed by atoms with Crippen LogP contribution in [0.3, 0.4) is 0 Å². The second-order valence-corrected chi connectivity index (χ2v) is 6.37. The molecule has 1 saturated heterocycles. The SMILES string of the molecule is CC(C)C(NC(=O)C(C)C1CNC1)c1ccccc1Cl.Cl. The minimum atomic E-state index is -0.0355. The molecule has 5 heteroatoms. The van der Waals surface area contributed by atoms with E-state index < -0.39 is 0 Å². The molecule has 0 radical (unpaired) electrons. The highest BCUT2D eigenvalue weighted by Crippen LogP contribution is 2.29. The average Bonchev–Trinajstić information content (AvgIpc) is 2.34. The molecule has 1 aromatic carbocycles. The van der Waals surface area contributed by atoms with E-state index in [-0.39, 0.29) is 30.3 Å². The van der Waals surface area contributed by atoms with E-state index in [1.165, 1.54) is 0 Å². The third-order valence-electron chi connectivity index (χ3n) is 4.14. The summed E-state index contributed by atoms with van der Waals surface area (Å²) in [5, 5.41) is 7.10. The van der Waals surface area contributed by atoms with Crippen molar-refractivity contribution in [3.05, 3.63) is 34.9 Å². The molecule has 1 heterocycles. The molecule has 0 aromatic heterocycles. The molecule has 1 aliphatic rings. The molecule has 3 nitrogen and oxygen atoms in total. The zero-order valence-electron chi connectivity index (χ0n) is 12.7. The Labute approximate surface area is 138 Å². The average molecular weight is 331 g/mol. The highest BCUT2D eigenvalue weighted by Gasteiger charge is 2.30. The summed E-state index contributed by atoms with van der Waals surface area (Å²) in [6.45, 7) is 8.08. The summed E-state index contributed by atoms with van der Waals surface area (Å²) in [6, 6.07) is 7.70. The Hall–Kier alpha value is -0.770. The number of nitrogens with one attached hydrogen (secondary N) is 2. The molecule has 1 aromatic rings. The van der Waals surface area contributed by atoms with Crippen LogP contribution in [0.5, 0.6) is 0 Å². The largest absolute Gasteiger partial charge is 0.349 e. The van der Waals surface area contributed by atoms with Crippen LogP contribution < -0.4 is 10.6 Å². The molecule has 2 rings (SSSR count). The van der Waals surface area contributed by atoms with Crippen molar-refractivity contribution in [2.45, 2.75) is 26.8 Å². The standard InChI is InChI=1S/C16H23ClN2O.ClH/c1-10(2)15(13-6-4-5-7-14(13)17)19-16(20)11(3)12-8-18-9-12;/h4-7,10-12,15,18H,8-9H2,1-3H3,(H,19,20);1H. The topological polar surface area (TPSA) is 41.1 Å². The van der Waals surface area contributed by atoms with Gasteiger partial charge in [0.2, 0.25) is 5.91 Å². The fourth-order valence-corrected chi connectivity index (χ4v) is 2.75.